The van der Waals surface area contributed by atoms with E-state index in [-0.39, 0.29) is 0 Å². The molecule has 1 aromatic carbocycles. The normalized spacial score (nSPS) is 21.1. The van der Waals surface area contributed by atoms with Crippen molar-refractivity contribution in [1.29, 1.82) is 0 Å². The van der Waals surface area contributed by atoms with Crippen molar-refractivity contribution >= 4 is 5.69 Å². The molecule has 2 rings (SSSR count). The molecule has 1 atom stereocenters. The summed E-state index contributed by atoms with van der Waals surface area (Å²) in [6.45, 7) is 5.85. The van der Waals surface area contributed by atoms with Crippen LogP contribution in [-0.2, 0) is 6.42 Å². The zero-order valence-corrected chi connectivity index (χ0v) is 9.33. The molecule has 14 heavy (non-hydrogen) atoms. The molecule has 1 nitrogen and oxygen atoms in total. The molecule has 0 fully saturated rings. The molecule has 1 aliphatic rings. The van der Waals surface area contributed by atoms with E-state index in [2.05, 4.69) is 50.1 Å². The van der Waals surface area contributed by atoms with Crippen LogP contribution >= 0.6 is 0 Å². The van der Waals surface area contributed by atoms with Crippen molar-refractivity contribution in [3.8, 4) is 0 Å². The molecule has 0 unspecified atom stereocenters. The van der Waals surface area contributed by atoms with Gasteiger partial charge in [-0.2, -0.15) is 0 Å². The van der Waals surface area contributed by atoms with Gasteiger partial charge < -0.3 is 4.90 Å². The molecule has 1 aliphatic heterocycles. The molecule has 76 valence electrons. The summed E-state index contributed by atoms with van der Waals surface area (Å²) < 4.78 is 0. The predicted octanol–water partition coefficient (Wildman–Crippen LogP) is 2.95. The van der Waals surface area contributed by atoms with Crippen LogP contribution in [0.4, 0.5) is 5.69 Å². The number of hydrogen-bond donors (Lipinski definition) is 0. The minimum absolute atomic E-state index is 0.783. The molecule has 0 radical (unpaired) electrons. The average Bonchev–Trinajstić information content (AvgIpc) is 2.17. The van der Waals surface area contributed by atoms with E-state index in [0.717, 1.165) is 11.8 Å². The lowest BCUT2D eigenvalue weighted by molar-refractivity contribution is 0.375. The Hall–Kier alpha value is -0.980. The third kappa shape index (κ3) is 1.63. The summed E-state index contributed by atoms with van der Waals surface area (Å²) in [5.74, 6) is 1.60. The minimum atomic E-state index is 0.783. The number of rotatable bonds is 1. The lowest BCUT2D eigenvalue weighted by atomic mass is 9.85. The second-order valence-corrected chi connectivity index (χ2v) is 4.72. The quantitative estimate of drug-likeness (QED) is 0.656. The SMILES string of the molecule is CC(C)[C@H]1Cc2ccccc2N(C)C1. The van der Waals surface area contributed by atoms with Crippen molar-refractivity contribution in [3.05, 3.63) is 29.8 Å². The minimum Gasteiger partial charge on any atom is -0.374 e. The summed E-state index contributed by atoms with van der Waals surface area (Å²) in [4.78, 5) is 2.39. The Morgan fingerprint density at radius 2 is 2.00 bits per heavy atom. The first-order valence-electron chi connectivity index (χ1n) is 5.47. The van der Waals surface area contributed by atoms with Gasteiger partial charge in [-0.25, -0.2) is 0 Å². The van der Waals surface area contributed by atoms with Crippen LogP contribution in [0.2, 0.25) is 0 Å². The van der Waals surface area contributed by atoms with Gasteiger partial charge in [0, 0.05) is 19.3 Å². The summed E-state index contributed by atoms with van der Waals surface area (Å²) in [5.41, 5.74) is 2.93. The Labute approximate surface area is 86.7 Å². The van der Waals surface area contributed by atoms with Crippen LogP contribution in [-0.4, -0.2) is 13.6 Å². The number of anilines is 1. The molecule has 1 heteroatoms. The van der Waals surface area contributed by atoms with Crippen LogP contribution in [0.5, 0.6) is 0 Å². The second-order valence-electron chi connectivity index (χ2n) is 4.72. The van der Waals surface area contributed by atoms with Crippen LogP contribution in [0.15, 0.2) is 24.3 Å². The van der Waals surface area contributed by atoms with E-state index < -0.39 is 0 Å². The van der Waals surface area contributed by atoms with Crippen LogP contribution < -0.4 is 4.90 Å². The van der Waals surface area contributed by atoms with Crippen molar-refractivity contribution in [2.45, 2.75) is 20.3 Å². The molecule has 0 aliphatic carbocycles. The molecule has 1 heterocycles. The van der Waals surface area contributed by atoms with Gasteiger partial charge in [0.1, 0.15) is 0 Å². The first-order valence-corrected chi connectivity index (χ1v) is 5.47. The summed E-state index contributed by atoms with van der Waals surface area (Å²) in [6, 6.07) is 8.77. The van der Waals surface area contributed by atoms with E-state index in [1.165, 1.54) is 24.2 Å². The number of fused-ring (bicyclic) bond motifs is 1. The number of hydrogen-bond acceptors (Lipinski definition) is 1. The van der Waals surface area contributed by atoms with E-state index >= 15 is 0 Å². The van der Waals surface area contributed by atoms with Gasteiger partial charge in [-0.1, -0.05) is 32.0 Å². The average molecular weight is 189 g/mol. The first kappa shape index (κ1) is 9.57. The Morgan fingerprint density at radius 3 is 2.71 bits per heavy atom. The highest BCUT2D eigenvalue weighted by Gasteiger charge is 2.23. The van der Waals surface area contributed by atoms with E-state index in [0.29, 0.717) is 0 Å². The van der Waals surface area contributed by atoms with E-state index in [1.807, 2.05) is 0 Å². The van der Waals surface area contributed by atoms with Gasteiger partial charge in [-0.05, 0) is 29.9 Å². The van der Waals surface area contributed by atoms with Crippen LogP contribution in [0.25, 0.3) is 0 Å². The van der Waals surface area contributed by atoms with E-state index in [4.69, 9.17) is 0 Å². The predicted molar refractivity (Wildman–Crippen MR) is 61.7 cm³/mol. The molecule has 0 aromatic heterocycles. The number of benzene rings is 1. The molecule has 1 aromatic rings. The highest BCUT2D eigenvalue weighted by atomic mass is 15.1. The smallest absolute Gasteiger partial charge is 0.0396 e. The molecule has 0 saturated carbocycles. The van der Waals surface area contributed by atoms with Crippen molar-refractivity contribution in [3.63, 3.8) is 0 Å². The van der Waals surface area contributed by atoms with Crippen molar-refractivity contribution in [2.75, 3.05) is 18.5 Å². The summed E-state index contributed by atoms with van der Waals surface area (Å²) in [6.07, 6.45) is 1.25. The van der Waals surface area contributed by atoms with Crippen LogP contribution in [0.3, 0.4) is 0 Å². The van der Waals surface area contributed by atoms with Gasteiger partial charge in [0.2, 0.25) is 0 Å². The van der Waals surface area contributed by atoms with Gasteiger partial charge in [0.05, 0.1) is 0 Å². The van der Waals surface area contributed by atoms with Crippen molar-refractivity contribution < 1.29 is 0 Å². The summed E-state index contributed by atoms with van der Waals surface area (Å²) in [7, 11) is 2.20. The molecule has 0 amide bonds. The zero-order valence-electron chi connectivity index (χ0n) is 9.33. The van der Waals surface area contributed by atoms with Gasteiger partial charge in [0.25, 0.3) is 0 Å². The Bertz CT molecular complexity index is 317. The second kappa shape index (κ2) is 3.64. The maximum Gasteiger partial charge on any atom is 0.0396 e. The van der Waals surface area contributed by atoms with Crippen LogP contribution in [0, 0.1) is 11.8 Å². The van der Waals surface area contributed by atoms with Crippen molar-refractivity contribution in [2.24, 2.45) is 11.8 Å². The van der Waals surface area contributed by atoms with Crippen LogP contribution in [0.1, 0.15) is 19.4 Å². The number of para-hydroxylation sites is 1. The Morgan fingerprint density at radius 1 is 1.29 bits per heavy atom. The summed E-state index contributed by atoms with van der Waals surface area (Å²) in [5, 5.41) is 0. The first-order chi connectivity index (χ1) is 6.68. The van der Waals surface area contributed by atoms with Gasteiger partial charge >= 0.3 is 0 Å². The monoisotopic (exact) mass is 189 g/mol. The molecule has 0 saturated heterocycles. The van der Waals surface area contributed by atoms with Gasteiger partial charge in [0.15, 0.2) is 0 Å². The van der Waals surface area contributed by atoms with Gasteiger partial charge in [-0.15, -0.1) is 0 Å². The molecular weight excluding hydrogens is 170 g/mol. The fourth-order valence-electron chi connectivity index (χ4n) is 2.30. The molecule has 0 bridgehead atoms. The fraction of sp³-hybridized carbons (Fsp3) is 0.538. The van der Waals surface area contributed by atoms with Gasteiger partial charge in [-0.3, -0.25) is 0 Å². The molecule has 0 spiro atoms. The third-order valence-electron chi connectivity index (χ3n) is 3.34. The lowest BCUT2D eigenvalue weighted by Gasteiger charge is -2.35. The Balaban J connectivity index is 2.29. The maximum atomic E-state index is 2.39. The van der Waals surface area contributed by atoms with E-state index in [9.17, 15) is 0 Å². The van der Waals surface area contributed by atoms with E-state index in [1.54, 1.807) is 0 Å². The number of nitrogens with zero attached hydrogens (tertiary/aromatic N) is 1. The maximum absolute atomic E-state index is 2.39. The lowest BCUT2D eigenvalue weighted by Crippen LogP contribution is -2.34. The molecule has 0 N–H and O–H groups in total. The largest absolute Gasteiger partial charge is 0.374 e. The molecular formula is C13H19N. The standard InChI is InChI=1S/C13H19N/c1-10(2)12-8-11-6-4-5-7-13(11)14(3)9-12/h4-7,10,12H,8-9H2,1-3H3/t12-/m0/s1. The zero-order chi connectivity index (χ0) is 10.1. The highest BCUT2D eigenvalue weighted by Crippen LogP contribution is 2.31. The topological polar surface area (TPSA) is 3.24 Å². The summed E-state index contributed by atoms with van der Waals surface area (Å²) >= 11 is 0. The fourth-order valence-corrected chi connectivity index (χ4v) is 2.30. The Kier molecular flexibility index (Phi) is 2.49. The highest BCUT2D eigenvalue weighted by molar-refractivity contribution is 5.55. The third-order valence-corrected chi connectivity index (χ3v) is 3.34. The van der Waals surface area contributed by atoms with Crippen molar-refractivity contribution in [1.82, 2.24) is 0 Å².